The number of anilines is 2. The summed E-state index contributed by atoms with van der Waals surface area (Å²) in [5, 5.41) is 2.69. The number of amides is 1. The molecule has 1 amide bonds. The van der Waals surface area contributed by atoms with Gasteiger partial charge >= 0.3 is 0 Å². The predicted octanol–water partition coefficient (Wildman–Crippen LogP) is 2.16. The van der Waals surface area contributed by atoms with Crippen LogP contribution in [0.25, 0.3) is 0 Å². The second-order valence-electron chi connectivity index (χ2n) is 4.39. The quantitative estimate of drug-likeness (QED) is 0.828. The van der Waals surface area contributed by atoms with Gasteiger partial charge in [0.05, 0.1) is 0 Å². The summed E-state index contributed by atoms with van der Waals surface area (Å²) in [7, 11) is -1.22. The highest BCUT2D eigenvalue weighted by Crippen LogP contribution is 2.12. The van der Waals surface area contributed by atoms with Crippen molar-refractivity contribution in [2.45, 2.75) is 5.75 Å². The molecule has 0 aliphatic heterocycles. The number of hydrogen-bond donors (Lipinski definition) is 2. The van der Waals surface area contributed by atoms with Gasteiger partial charge in [0.2, 0.25) is 5.91 Å². The molecule has 0 aliphatic carbocycles. The minimum Gasteiger partial charge on any atom is -0.399 e. The molecule has 2 rings (SSSR count). The molecule has 0 bridgehead atoms. The maximum absolute atomic E-state index is 11.9. The van der Waals surface area contributed by atoms with Crippen LogP contribution in [0, 0.1) is 0 Å². The summed E-state index contributed by atoms with van der Waals surface area (Å²) in [5.74, 6) is 0.0828. The topological polar surface area (TPSA) is 72.2 Å². The van der Waals surface area contributed by atoms with Crippen LogP contribution in [0.1, 0.15) is 5.56 Å². The Kier molecular flexibility index (Phi) is 4.90. The Bertz CT molecular complexity index is 614. The lowest BCUT2D eigenvalue weighted by atomic mass is 10.2. The van der Waals surface area contributed by atoms with E-state index in [1.165, 1.54) is 0 Å². The highest BCUT2D eigenvalue weighted by molar-refractivity contribution is 7.84. The SMILES string of the molecule is Nc1cccc(NC(=O)CS(=O)Cc2ccccc2)c1. The van der Waals surface area contributed by atoms with Crippen LogP contribution in [0.15, 0.2) is 54.6 Å². The fourth-order valence-electron chi connectivity index (χ4n) is 1.77. The summed E-state index contributed by atoms with van der Waals surface area (Å²) in [6.45, 7) is 0. The number of nitrogens with one attached hydrogen (secondary N) is 1. The molecule has 0 saturated heterocycles. The Morgan fingerprint density at radius 2 is 1.85 bits per heavy atom. The highest BCUT2D eigenvalue weighted by atomic mass is 32.2. The van der Waals surface area contributed by atoms with Crippen molar-refractivity contribution in [1.29, 1.82) is 0 Å². The monoisotopic (exact) mass is 288 g/mol. The maximum atomic E-state index is 11.9. The van der Waals surface area contributed by atoms with Crippen LogP contribution < -0.4 is 11.1 Å². The first-order valence-corrected chi connectivity index (χ1v) is 7.66. The molecule has 0 fully saturated rings. The zero-order chi connectivity index (χ0) is 14.4. The third kappa shape index (κ3) is 4.51. The van der Waals surface area contributed by atoms with E-state index in [1.807, 2.05) is 30.3 Å². The lowest BCUT2D eigenvalue weighted by Crippen LogP contribution is -2.20. The third-order valence-electron chi connectivity index (χ3n) is 2.63. The first kappa shape index (κ1) is 14.3. The molecular formula is C15H16N2O2S. The lowest BCUT2D eigenvalue weighted by Gasteiger charge is -2.06. The number of benzene rings is 2. The number of rotatable bonds is 5. The van der Waals surface area contributed by atoms with Gasteiger partial charge in [0, 0.05) is 27.9 Å². The lowest BCUT2D eigenvalue weighted by molar-refractivity contribution is -0.113. The molecule has 0 aliphatic rings. The zero-order valence-electron chi connectivity index (χ0n) is 10.9. The zero-order valence-corrected chi connectivity index (χ0v) is 11.7. The van der Waals surface area contributed by atoms with Gasteiger partial charge in [-0.3, -0.25) is 9.00 Å². The van der Waals surface area contributed by atoms with E-state index in [-0.39, 0.29) is 11.7 Å². The van der Waals surface area contributed by atoms with Crippen molar-refractivity contribution >= 4 is 28.1 Å². The average Bonchev–Trinajstić information content (AvgIpc) is 2.39. The molecule has 0 spiro atoms. The van der Waals surface area contributed by atoms with Crippen LogP contribution in [-0.2, 0) is 21.3 Å². The van der Waals surface area contributed by atoms with Crippen molar-refractivity contribution in [3.63, 3.8) is 0 Å². The van der Waals surface area contributed by atoms with E-state index in [1.54, 1.807) is 24.3 Å². The van der Waals surface area contributed by atoms with Gasteiger partial charge in [-0.15, -0.1) is 0 Å². The van der Waals surface area contributed by atoms with Gasteiger partial charge < -0.3 is 11.1 Å². The molecule has 2 aromatic carbocycles. The number of nitrogen functional groups attached to an aromatic ring is 1. The summed E-state index contributed by atoms with van der Waals surface area (Å²) < 4.78 is 11.9. The van der Waals surface area contributed by atoms with Crippen molar-refractivity contribution in [2.24, 2.45) is 0 Å². The summed E-state index contributed by atoms with van der Waals surface area (Å²) in [5.41, 5.74) is 7.78. The fourth-order valence-corrected chi connectivity index (χ4v) is 2.80. The standard InChI is InChI=1S/C15H16N2O2S/c16-13-7-4-8-14(9-13)17-15(18)11-20(19)10-12-5-2-1-3-6-12/h1-9H,10-11,16H2,(H,17,18). The van der Waals surface area contributed by atoms with Crippen LogP contribution in [0.5, 0.6) is 0 Å². The van der Waals surface area contributed by atoms with Gasteiger partial charge in [-0.05, 0) is 23.8 Å². The Balaban J connectivity index is 1.87. The van der Waals surface area contributed by atoms with Crippen LogP contribution >= 0.6 is 0 Å². The van der Waals surface area contributed by atoms with Crippen molar-refractivity contribution in [2.75, 3.05) is 16.8 Å². The van der Waals surface area contributed by atoms with E-state index in [4.69, 9.17) is 5.73 Å². The van der Waals surface area contributed by atoms with Gasteiger partial charge in [0.25, 0.3) is 0 Å². The highest BCUT2D eigenvalue weighted by Gasteiger charge is 2.09. The van der Waals surface area contributed by atoms with Gasteiger partial charge in [0.15, 0.2) is 0 Å². The minimum atomic E-state index is -1.22. The molecule has 3 N–H and O–H groups in total. The predicted molar refractivity (Wildman–Crippen MR) is 82.6 cm³/mol. The second kappa shape index (κ2) is 6.86. The fraction of sp³-hybridized carbons (Fsp3) is 0.133. The van der Waals surface area contributed by atoms with E-state index < -0.39 is 10.8 Å². The molecule has 0 saturated carbocycles. The molecular weight excluding hydrogens is 272 g/mol. The second-order valence-corrected chi connectivity index (χ2v) is 5.84. The molecule has 1 atom stereocenters. The number of carbonyl (C=O) groups excluding carboxylic acids is 1. The van der Waals surface area contributed by atoms with E-state index in [0.29, 0.717) is 17.1 Å². The molecule has 5 heteroatoms. The van der Waals surface area contributed by atoms with E-state index in [0.717, 1.165) is 5.56 Å². The Hall–Kier alpha value is -2.14. The molecule has 0 radical (unpaired) electrons. The number of carbonyl (C=O) groups is 1. The molecule has 0 heterocycles. The van der Waals surface area contributed by atoms with Crippen LogP contribution in [-0.4, -0.2) is 15.9 Å². The Morgan fingerprint density at radius 1 is 1.10 bits per heavy atom. The van der Waals surface area contributed by atoms with Gasteiger partial charge in [0.1, 0.15) is 5.75 Å². The summed E-state index contributed by atoms with van der Waals surface area (Å²) >= 11 is 0. The van der Waals surface area contributed by atoms with Gasteiger partial charge in [-0.1, -0.05) is 36.4 Å². The Morgan fingerprint density at radius 3 is 2.55 bits per heavy atom. The van der Waals surface area contributed by atoms with Crippen molar-refractivity contribution in [3.8, 4) is 0 Å². The largest absolute Gasteiger partial charge is 0.399 e. The van der Waals surface area contributed by atoms with Crippen molar-refractivity contribution < 1.29 is 9.00 Å². The number of hydrogen-bond acceptors (Lipinski definition) is 3. The van der Waals surface area contributed by atoms with E-state index in [2.05, 4.69) is 5.32 Å². The summed E-state index contributed by atoms with van der Waals surface area (Å²) in [6, 6.07) is 16.4. The summed E-state index contributed by atoms with van der Waals surface area (Å²) in [4.78, 5) is 11.8. The number of nitrogens with two attached hydrogens (primary N) is 1. The van der Waals surface area contributed by atoms with Gasteiger partial charge in [-0.25, -0.2) is 0 Å². The molecule has 0 aromatic heterocycles. The molecule has 104 valence electrons. The summed E-state index contributed by atoms with van der Waals surface area (Å²) in [6.07, 6.45) is 0. The average molecular weight is 288 g/mol. The Labute approximate surface area is 120 Å². The van der Waals surface area contributed by atoms with Crippen molar-refractivity contribution in [3.05, 3.63) is 60.2 Å². The van der Waals surface area contributed by atoms with Crippen LogP contribution in [0.4, 0.5) is 11.4 Å². The normalized spacial score (nSPS) is 11.8. The van der Waals surface area contributed by atoms with Crippen LogP contribution in [0.2, 0.25) is 0 Å². The first-order chi connectivity index (χ1) is 9.63. The molecule has 4 nitrogen and oxygen atoms in total. The van der Waals surface area contributed by atoms with Crippen molar-refractivity contribution in [1.82, 2.24) is 0 Å². The van der Waals surface area contributed by atoms with E-state index in [9.17, 15) is 9.00 Å². The molecule has 20 heavy (non-hydrogen) atoms. The third-order valence-corrected chi connectivity index (χ3v) is 3.87. The maximum Gasteiger partial charge on any atom is 0.237 e. The smallest absolute Gasteiger partial charge is 0.237 e. The molecule has 1 unspecified atom stereocenters. The first-order valence-electron chi connectivity index (χ1n) is 6.18. The van der Waals surface area contributed by atoms with Crippen LogP contribution in [0.3, 0.4) is 0 Å². The van der Waals surface area contributed by atoms with E-state index >= 15 is 0 Å². The molecule has 2 aromatic rings. The van der Waals surface area contributed by atoms with Gasteiger partial charge in [-0.2, -0.15) is 0 Å². The minimum absolute atomic E-state index is 0.0241.